The molecule has 1 N–H and O–H groups in total. The number of carbonyl (C=O) groups excluding carboxylic acids is 1. The maximum absolute atomic E-state index is 14.3. The third-order valence-corrected chi connectivity index (χ3v) is 4.05. The third kappa shape index (κ3) is 2.89. The summed E-state index contributed by atoms with van der Waals surface area (Å²) in [6.45, 7) is 0. The molecule has 26 heavy (non-hydrogen) atoms. The number of nitrogens with one attached hydrogen (secondary N) is 1. The summed E-state index contributed by atoms with van der Waals surface area (Å²) in [5.74, 6) is -0.955. The smallest absolute Gasteiger partial charge is 0.276 e. The second-order valence-corrected chi connectivity index (χ2v) is 5.83. The molecule has 0 radical (unpaired) electrons. The molecular weight excluding hydrogens is 357 g/mol. The highest BCUT2D eigenvalue weighted by Gasteiger charge is 2.16. The van der Waals surface area contributed by atoms with Crippen molar-refractivity contribution in [3.05, 3.63) is 77.6 Å². The molecule has 1 aromatic carbocycles. The second-order valence-electron chi connectivity index (χ2n) is 5.42. The molecule has 8 heteroatoms. The minimum atomic E-state index is -0.566. The number of aromatic nitrogens is 4. The highest BCUT2D eigenvalue weighted by Crippen LogP contribution is 2.26. The molecule has 3 heterocycles. The molecule has 128 valence electrons. The minimum absolute atomic E-state index is 0.00526. The molecule has 3 aromatic heterocycles. The molecule has 0 saturated heterocycles. The molecular formula is C18H11ClFN5O. The van der Waals surface area contributed by atoms with Crippen LogP contribution in [0.15, 0.2) is 61.1 Å². The van der Waals surface area contributed by atoms with Gasteiger partial charge in [-0.25, -0.2) is 13.9 Å². The molecule has 6 nitrogen and oxygen atoms in total. The van der Waals surface area contributed by atoms with Crippen molar-refractivity contribution in [3.8, 4) is 11.3 Å². The topological polar surface area (TPSA) is 72.2 Å². The maximum Gasteiger partial charge on any atom is 0.276 e. The monoisotopic (exact) mass is 367 g/mol. The number of hydrogen-bond acceptors (Lipinski definition) is 4. The zero-order valence-corrected chi connectivity index (χ0v) is 14.0. The van der Waals surface area contributed by atoms with Gasteiger partial charge in [0.1, 0.15) is 0 Å². The summed E-state index contributed by atoms with van der Waals surface area (Å²) in [6.07, 6.45) is 4.56. The van der Waals surface area contributed by atoms with Gasteiger partial charge >= 0.3 is 0 Å². The first-order valence-corrected chi connectivity index (χ1v) is 8.02. The lowest BCUT2D eigenvalue weighted by Gasteiger charge is -2.07. The highest BCUT2D eigenvalue weighted by molar-refractivity contribution is 6.31. The Morgan fingerprint density at radius 3 is 2.73 bits per heavy atom. The lowest BCUT2D eigenvalue weighted by molar-refractivity contribution is 0.102. The van der Waals surface area contributed by atoms with E-state index in [1.165, 1.54) is 16.8 Å². The van der Waals surface area contributed by atoms with E-state index in [2.05, 4.69) is 20.4 Å². The standard InChI is InChI=1S/C18H11ClFN5O/c19-13-3-1-2-12(17(13)20)14-4-5-16-22-10-15(25(16)24-14)18(26)23-11-6-8-21-9-7-11/h1-10H,(H,21,23,26). The highest BCUT2D eigenvalue weighted by atomic mass is 35.5. The Balaban J connectivity index is 1.75. The van der Waals surface area contributed by atoms with Gasteiger partial charge in [-0.3, -0.25) is 9.78 Å². The molecule has 0 atom stereocenters. The van der Waals surface area contributed by atoms with Crippen LogP contribution in [0.1, 0.15) is 10.5 Å². The molecule has 0 aliphatic heterocycles. The van der Waals surface area contributed by atoms with Crippen LogP contribution >= 0.6 is 11.6 Å². The van der Waals surface area contributed by atoms with Crippen LogP contribution in [0.5, 0.6) is 0 Å². The van der Waals surface area contributed by atoms with Crippen molar-refractivity contribution in [1.29, 1.82) is 0 Å². The van der Waals surface area contributed by atoms with Crippen LogP contribution in [-0.2, 0) is 0 Å². The van der Waals surface area contributed by atoms with Gasteiger partial charge in [-0.2, -0.15) is 5.10 Å². The van der Waals surface area contributed by atoms with Crippen molar-refractivity contribution in [1.82, 2.24) is 19.6 Å². The van der Waals surface area contributed by atoms with E-state index >= 15 is 0 Å². The van der Waals surface area contributed by atoms with E-state index in [0.29, 0.717) is 17.0 Å². The molecule has 0 bridgehead atoms. The fourth-order valence-electron chi connectivity index (χ4n) is 2.50. The van der Waals surface area contributed by atoms with E-state index in [1.807, 2.05) is 0 Å². The van der Waals surface area contributed by atoms with Crippen molar-refractivity contribution < 1.29 is 9.18 Å². The van der Waals surface area contributed by atoms with Gasteiger partial charge in [0.15, 0.2) is 17.2 Å². The number of benzene rings is 1. The largest absolute Gasteiger partial charge is 0.320 e. The third-order valence-electron chi connectivity index (χ3n) is 3.76. The van der Waals surface area contributed by atoms with Crippen LogP contribution < -0.4 is 5.32 Å². The average molecular weight is 368 g/mol. The van der Waals surface area contributed by atoms with Crippen LogP contribution in [0.4, 0.5) is 10.1 Å². The number of rotatable bonds is 3. The van der Waals surface area contributed by atoms with Gasteiger partial charge < -0.3 is 5.32 Å². The van der Waals surface area contributed by atoms with Crippen LogP contribution in [0.2, 0.25) is 5.02 Å². The molecule has 0 spiro atoms. The van der Waals surface area contributed by atoms with Crippen molar-refractivity contribution >= 4 is 28.8 Å². The lowest BCUT2D eigenvalue weighted by Crippen LogP contribution is -2.15. The van der Waals surface area contributed by atoms with Crippen molar-refractivity contribution in [2.24, 2.45) is 0 Å². The van der Waals surface area contributed by atoms with E-state index in [-0.39, 0.29) is 22.2 Å². The number of anilines is 1. The molecule has 4 aromatic rings. The van der Waals surface area contributed by atoms with Gasteiger partial charge in [-0.1, -0.05) is 17.7 Å². The van der Waals surface area contributed by atoms with E-state index in [4.69, 9.17) is 11.6 Å². The number of halogens is 2. The Labute approximate surface area is 152 Å². The SMILES string of the molecule is O=C(Nc1ccncc1)c1cnc2ccc(-c3cccc(Cl)c3F)nn12. The Morgan fingerprint density at radius 1 is 1.12 bits per heavy atom. The lowest BCUT2D eigenvalue weighted by atomic mass is 10.1. The fraction of sp³-hybridized carbons (Fsp3) is 0. The van der Waals surface area contributed by atoms with Crippen LogP contribution in [0.3, 0.4) is 0 Å². The molecule has 0 aliphatic carbocycles. The number of nitrogens with zero attached hydrogens (tertiary/aromatic N) is 4. The summed E-state index contributed by atoms with van der Waals surface area (Å²) in [5, 5.41) is 7.10. The van der Waals surface area contributed by atoms with Crippen LogP contribution in [0, 0.1) is 5.82 Å². The summed E-state index contributed by atoms with van der Waals surface area (Å²) >= 11 is 5.84. The maximum atomic E-state index is 14.3. The van der Waals surface area contributed by atoms with Gasteiger partial charge in [0.05, 0.1) is 16.9 Å². The molecule has 4 rings (SSSR count). The number of amides is 1. The van der Waals surface area contributed by atoms with E-state index < -0.39 is 5.82 Å². The number of fused-ring (bicyclic) bond motifs is 1. The molecule has 0 unspecified atom stereocenters. The molecule has 0 saturated carbocycles. The zero-order chi connectivity index (χ0) is 18.1. The Morgan fingerprint density at radius 2 is 1.92 bits per heavy atom. The first-order valence-electron chi connectivity index (χ1n) is 7.64. The van der Waals surface area contributed by atoms with E-state index in [0.717, 1.165) is 0 Å². The number of carbonyl (C=O) groups is 1. The first-order chi connectivity index (χ1) is 12.6. The fourth-order valence-corrected chi connectivity index (χ4v) is 2.68. The predicted molar refractivity (Wildman–Crippen MR) is 95.6 cm³/mol. The number of imidazole rings is 1. The Kier molecular flexibility index (Phi) is 4.06. The number of hydrogen-bond donors (Lipinski definition) is 1. The zero-order valence-electron chi connectivity index (χ0n) is 13.2. The number of pyridine rings is 1. The first kappa shape index (κ1) is 16.2. The molecule has 1 amide bonds. The second kappa shape index (κ2) is 6.53. The van der Waals surface area contributed by atoms with Crippen LogP contribution in [-0.4, -0.2) is 25.5 Å². The van der Waals surface area contributed by atoms with Crippen molar-refractivity contribution in [2.45, 2.75) is 0 Å². The Bertz CT molecular complexity index is 1110. The summed E-state index contributed by atoms with van der Waals surface area (Å²) in [5.41, 5.74) is 1.87. The van der Waals surface area contributed by atoms with E-state index in [9.17, 15) is 9.18 Å². The van der Waals surface area contributed by atoms with Gasteiger partial charge in [0.25, 0.3) is 5.91 Å². The van der Waals surface area contributed by atoms with Crippen LogP contribution in [0.25, 0.3) is 16.9 Å². The average Bonchev–Trinajstić information content (AvgIpc) is 3.08. The Hall–Kier alpha value is -3.32. The van der Waals surface area contributed by atoms with Gasteiger partial charge in [0.2, 0.25) is 0 Å². The van der Waals surface area contributed by atoms with E-state index in [1.54, 1.807) is 48.8 Å². The summed E-state index contributed by atoms with van der Waals surface area (Å²) in [6, 6.07) is 11.3. The quantitative estimate of drug-likeness (QED) is 0.597. The summed E-state index contributed by atoms with van der Waals surface area (Å²) in [4.78, 5) is 20.6. The predicted octanol–water partition coefficient (Wildman–Crippen LogP) is 3.84. The van der Waals surface area contributed by atoms with Crippen molar-refractivity contribution in [3.63, 3.8) is 0 Å². The molecule has 0 aliphatic rings. The van der Waals surface area contributed by atoms with Gasteiger partial charge in [-0.05, 0) is 36.4 Å². The van der Waals surface area contributed by atoms with Gasteiger partial charge in [-0.15, -0.1) is 0 Å². The molecule has 0 fully saturated rings. The minimum Gasteiger partial charge on any atom is -0.320 e. The normalized spacial score (nSPS) is 10.8. The summed E-state index contributed by atoms with van der Waals surface area (Å²) < 4.78 is 15.6. The van der Waals surface area contributed by atoms with Gasteiger partial charge in [0, 0.05) is 23.6 Å². The summed E-state index contributed by atoms with van der Waals surface area (Å²) in [7, 11) is 0. The van der Waals surface area contributed by atoms with Crippen molar-refractivity contribution in [2.75, 3.05) is 5.32 Å².